The smallest absolute Gasteiger partial charge is 0.285 e. The van der Waals surface area contributed by atoms with Gasteiger partial charge in [0.2, 0.25) is 10.9 Å². The van der Waals surface area contributed by atoms with E-state index < -0.39 is 25.9 Å². The number of thiol groups is 1. The fraction of sp³-hybridized carbons (Fsp3) is 0.143. The molecule has 0 spiro atoms. The van der Waals surface area contributed by atoms with Crippen molar-refractivity contribution < 1.29 is 21.4 Å². The summed E-state index contributed by atoms with van der Waals surface area (Å²) in [6.45, 7) is 1.51. The Morgan fingerprint density at radius 1 is 1.38 bits per heavy atom. The van der Waals surface area contributed by atoms with Gasteiger partial charge in [-0.1, -0.05) is 11.6 Å². The van der Waals surface area contributed by atoms with E-state index in [0.717, 1.165) is 12.1 Å². The number of benzene rings is 1. The van der Waals surface area contributed by atoms with Gasteiger partial charge in [-0.3, -0.25) is 9.27 Å². The number of anilines is 1. The van der Waals surface area contributed by atoms with Crippen LogP contribution in [0.3, 0.4) is 0 Å². The highest BCUT2D eigenvalue weighted by atomic mass is 35.5. The minimum absolute atomic E-state index is 0.0104. The fourth-order valence-corrected chi connectivity index (χ4v) is 2.26. The topological polar surface area (TPSA) is 101 Å². The molecular weight excluding hydrogens is 278 g/mol. The number of hydrogen-bond donors (Lipinski definition) is 3. The molecule has 0 aliphatic heterocycles. The molecule has 9 heteroatoms. The SMILES string of the molecule is Cc1c(Cl)cc(S(=O)(=O)O)cc1N[SH](=O)=O. The molecule has 0 fully saturated rings. The summed E-state index contributed by atoms with van der Waals surface area (Å²) in [4.78, 5) is -0.470. The average molecular weight is 286 g/mol. The largest absolute Gasteiger partial charge is 0.294 e. The summed E-state index contributed by atoms with van der Waals surface area (Å²) in [5.41, 5.74) is 0.379. The molecule has 0 saturated carbocycles. The third-order valence-electron chi connectivity index (χ3n) is 1.83. The third kappa shape index (κ3) is 3.08. The summed E-state index contributed by atoms with van der Waals surface area (Å²) in [5.74, 6) is 0. The van der Waals surface area contributed by atoms with E-state index >= 15 is 0 Å². The Kier molecular flexibility index (Phi) is 3.79. The lowest BCUT2D eigenvalue weighted by Crippen LogP contribution is -2.03. The summed E-state index contributed by atoms with van der Waals surface area (Å²) in [6, 6.07) is 2.02. The molecule has 2 N–H and O–H groups in total. The monoisotopic (exact) mass is 285 g/mol. The van der Waals surface area contributed by atoms with Crippen LogP contribution in [-0.4, -0.2) is 21.4 Å². The van der Waals surface area contributed by atoms with Gasteiger partial charge < -0.3 is 0 Å². The Morgan fingerprint density at radius 2 is 1.94 bits per heavy atom. The van der Waals surface area contributed by atoms with Crippen molar-refractivity contribution >= 4 is 38.3 Å². The molecule has 0 unspecified atom stereocenters. The maximum absolute atomic E-state index is 10.9. The van der Waals surface area contributed by atoms with Gasteiger partial charge >= 0.3 is 0 Å². The first-order valence-electron chi connectivity index (χ1n) is 3.90. The van der Waals surface area contributed by atoms with Crippen molar-refractivity contribution in [3.63, 3.8) is 0 Å². The van der Waals surface area contributed by atoms with Crippen molar-refractivity contribution in [3.8, 4) is 0 Å². The van der Waals surface area contributed by atoms with Gasteiger partial charge in [0, 0.05) is 5.02 Å². The molecule has 1 rings (SSSR count). The number of nitrogens with one attached hydrogen (secondary N) is 1. The van der Waals surface area contributed by atoms with E-state index in [1.165, 1.54) is 6.92 Å². The van der Waals surface area contributed by atoms with Crippen LogP contribution in [0.1, 0.15) is 5.56 Å². The van der Waals surface area contributed by atoms with Gasteiger partial charge in [0.25, 0.3) is 10.1 Å². The summed E-state index contributed by atoms with van der Waals surface area (Å²) in [7, 11) is -7.36. The molecule has 16 heavy (non-hydrogen) atoms. The normalized spacial score (nSPS) is 11.8. The van der Waals surface area contributed by atoms with Crippen LogP contribution in [-0.2, 0) is 21.0 Å². The molecule has 0 radical (unpaired) electrons. The highest BCUT2D eigenvalue weighted by Crippen LogP contribution is 2.27. The molecule has 0 aliphatic rings. The Hall–Kier alpha value is -0.830. The molecule has 6 nitrogen and oxygen atoms in total. The zero-order chi connectivity index (χ0) is 12.5. The van der Waals surface area contributed by atoms with E-state index in [1.807, 2.05) is 4.72 Å². The highest BCUT2D eigenvalue weighted by molar-refractivity contribution is 7.85. The number of hydrogen-bond acceptors (Lipinski definition) is 4. The van der Waals surface area contributed by atoms with Crippen LogP contribution in [0.5, 0.6) is 0 Å². The maximum atomic E-state index is 10.9. The lowest BCUT2D eigenvalue weighted by molar-refractivity contribution is 0.483. The predicted octanol–water partition coefficient (Wildman–Crippen LogP) is 0.833. The maximum Gasteiger partial charge on any atom is 0.294 e. The molecule has 0 aromatic heterocycles. The minimum atomic E-state index is -4.42. The standard InChI is InChI=1S/C7H8ClNO5S2/c1-4-6(8)2-5(16(12,13)14)3-7(4)9-15(10)11/h2-3,15H,1H3,(H,9,10,11)(H,12,13,14). The molecule has 0 heterocycles. The Bertz CT molecular complexity index is 585. The van der Waals surface area contributed by atoms with Crippen LogP contribution in [0.15, 0.2) is 17.0 Å². The molecule has 0 bridgehead atoms. The number of halogens is 1. The zero-order valence-corrected chi connectivity index (χ0v) is 10.4. The molecule has 1 aromatic rings. The molecule has 0 atom stereocenters. The summed E-state index contributed by atoms with van der Waals surface area (Å²) >= 11 is 5.70. The minimum Gasteiger partial charge on any atom is -0.285 e. The predicted molar refractivity (Wildman–Crippen MR) is 59.9 cm³/mol. The third-order valence-corrected chi connectivity index (χ3v) is 3.47. The Labute approximate surface area is 99.1 Å². The molecule has 0 saturated heterocycles. The average Bonchev–Trinajstić information content (AvgIpc) is 2.10. The van der Waals surface area contributed by atoms with Crippen LogP contribution in [0.2, 0.25) is 5.02 Å². The molecule has 0 aliphatic carbocycles. The van der Waals surface area contributed by atoms with Crippen molar-refractivity contribution in [3.05, 3.63) is 22.7 Å². The van der Waals surface area contributed by atoms with Crippen LogP contribution in [0.4, 0.5) is 5.69 Å². The lowest BCUT2D eigenvalue weighted by atomic mass is 10.2. The molecular formula is C7H8ClNO5S2. The number of rotatable bonds is 3. The van der Waals surface area contributed by atoms with Crippen molar-refractivity contribution in [2.45, 2.75) is 11.8 Å². The first-order valence-corrected chi connectivity index (χ1v) is 6.90. The highest BCUT2D eigenvalue weighted by Gasteiger charge is 2.14. The second kappa shape index (κ2) is 4.58. The van der Waals surface area contributed by atoms with Gasteiger partial charge in [-0.2, -0.15) is 8.42 Å². The first-order chi connectivity index (χ1) is 7.21. The Morgan fingerprint density at radius 3 is 2.38 bits per heavy atom. The van der Waals surface area contributed by atoms with Gasteiger partial charge in [0.15, 0.2) is 0 Å². The van der Waals surface area contributed by atoms with E-state index in [0.29, 0.717) is 5.56 Å². The van der Waals surface area contributed by atoms with Crippen LogP contribution in [0.25, 0.3) is 0 Å². The van der Waals surface area contributed by atoms with Crippen molar-refractivity contribution in [1.82, 2.24) is 0 Å². The van der Waals surface area contributed by atoms with Gasteiger partial charge in [0.1, 0.15) is 0 Å². The molecule has 90 valence electrons. The van der Waals surface area contributed by atoms with E-state index in [1.54, 1.807) is 0 Å². The van der Waals surface area contributed by atoms with Crippen molar-refractivity contribution in [2.75, 3.05) is 4.72 Å². The van der Waals surface area contributed by atoms with E-state index in [9.17, 15) is 16.8 Å². The van der Waals surface area contributed by atoms with Gasteiger partial charge in [0.05, 0.1) is 10.6 Å². The summed E-state index contributed by atoms with van der Waals surface area (Å²) in [5, 5.41) is 0.0366. The molecule has 0 amide bonds. The van der Waals surface area contributed by atoms with Crippen LogP contribution >= 0.6 is 11.6 Å². The second-order valence-corrected chi connectivity index (χ2v) is 5.49. The summed E-state index contributed by atoms with van der Waals surface area (Å²) in [6.07, 6.45) is 0. The second-order valence-electron chi connectivity index (χ2n) is 2.92. The summed E-state index contributed by atoms with van der Waals surface area (Å²) < 4.78 is 53.5. The first kappa shape index (κ1) is 13.2. The van der Waals surface area contributed by atoms with Crippen LogP contribution in [0, 0.1) is 6.92 Å². The van der Waals surface area contributed by atoms with Crippen molar-refractivity contribution in [1.29, 1.82) is 0 Å². The zero-order valence-electron chi connectivity index (χ0n) is 7.97. The van der Waals surface area contributed by atoms with Crippen molar-refractivity contribution in [2.24, 2.45) is 0 Å². The Balaban J connectivity index is 3.44. The van der Waals surface area contributed by atoms with E-state index in [2.05, 4.69) is 0 Å². The fourth-order valence-electron chi connectivity index (χ4n) is 1.02. The van der Waals surface area contributed by atoms with Gasteiger partial charge in [-0.05, 0) is 24.6 Å². The molecule has 1 aromatic carbocycles. The quantitative estimate of drug-likeness (QED) is 0.564. The van der Waals surface area contributed by atoms with Crippen LogP contribution < -0.4 is 4.72 Å². The van der Waals surface area contributed by atoms with E-state index in [4.69, 9.17) is 16.2 Å². The van der Waals surface area contributed by atoms with Gasteiger partial charge in [-0.15, -0.1) is 0 Å². The lowest BCUT2D eigenvalue weighted by Gasteiger charge is -2.08. The van der Waals surface area contributed by atoms with E-state index in [-0.39, 0.29) is 10.7 Å². The van der Waals surface area contributed by atoms with Gasteiger partial charge in [-0.25, -0.2) is 8.42 Å².